The van der Waals surface area contributed by atoms with E-state index in [-0.39, 0.29) is 22.8 Å². The molecule has 2 heterocycles. The Kier molecular flexibility index (Phi) is 6.29. The van der Waals surface area contributed by atoms with Crippen LogP contribution in [0, 0.1) is 5.82 Å². The third kappa shape index (κ3) is 4.90. The molecule has 3 aromatic carbocycles. The number of benzene rings is 3. The van der Waals surface area contributed by atoms with E-state index in [4.69, 9.17) is 4.74 Å². The number of anilines is 3. The van der Waals surface area contributed by atoms with Gasteiger partial charge in [-0.1, -0.05) is 18.2 Å². The van der Waals surface area contributed by atoms with Gasteiger partial charge in [0.15, 0.2) is 17.2 Å². The van der Waals surface area contributed by atoms with Crippen LogP contribution in [-0.4, -0.2) is 27.4 Å². The van der Waals surface area contributed by atoms with Crippen LogP contribution in [0.1, 0.15) is 29.8 Å². The van der Waals surface area contributed by atoms with Gasteiger partial charge in [0.05, 0.1) is 23.0 Å². The quantitative estimate of drug-likeness (QED) is 0.306. The molecule has 2 amide bonds. The predicted molar refractivity (Wildman–Crippen MR) is 135 cm³/mol. The average molecular weight is 536 g/mol. The lowest BCUT2D eigenvalue weighted by atomic mass is 9.95. The molecule has 1 aliphatic rings. The van der Waals surface area contributed by atoms with Crippen LogP contribution in [0.2, 0.25) is 0 Å². The Balaban J connectivity index is 1.64. The summed E-state index contributed by atoms with van der Waals surface area (Å²) in [5, 5.41) is 2.38. The van der Waals surface area contributed by atoms with Crippen LogP contribution in [0.25, 0.3) is 11.1 Å². The summed E-state index contributed by atoms with van der Waals surface area (Å²) in [6.07, 6.45) is -0.530. The lowest BCUT2D eigenvalue weighted by molar-refractivity contribution is -0.138. The summed E-state index contributed by atoms with van der Waals surface area (Å²) in [5.41, 5.74) is -2.10. The molecule has 1 aliphatic heterocycles. The Morgan fingerprint density at radius 1 is 1.03 bits per heavy atom. The van der Waals surface area contributed by atoms with Gasteiger partial charge >= 0.3 is 6.18 Å². The highest BCUT2D eigenvalue weighted by Gasteiger charge is 2.43. The summed E-state index contributed by atoms with van der Waals surface area (Å²) in [4.78, 5) is 35.9. The second kappa shape index (κ2) is 9.50. The van der Waals surface area contributed by atoms with Gasteiger partial charge < -0.3 is 10.1 Å². The van der Waals surface area contributed by atoms with Crippen LogP contribution in [0.5, 0.6) is 5.75 Å². The first-order chi connectivity index (χ1) is 18.5. The lowest BCUT2D eigenvalue weighted by Crippen LogP contribution is -2.50. The first-order valence-corrected chi connectivity index (χ1v) is 11.7. The molecule has 0 unspecified atom stereocenters. The maximum atomic E-state index is 13.9. The Morgan fingerprint density at radius 2 is 1.77 bits per heavy atom. The van der Waals surface area contributed by atoms with Gasteiger partial charge in [0.2, 0.25) is 0 Å². The van der Waals surface area contributed by atoms with Gasteiger partial charge in [0.25, 0.3) is 11.8 Å². The topological polar surface area (TPSA) is 84.4 Å². The number of alkyl halides is 3. The zero-order chi connectivity index (χ0) is 27.9. The van der Waals surface area contributed by atoms with E-state index in [0.717, 1.165) is 24.3 Å². The molecule has 1 N–H and O–H groups in total. The number of aromatic nitrogens is 2. The number of para-hydroxylation sites is 1. The molecule has 5 rings (SSSR count). The van der Waals surface area contributed by atoms with Gasteiger partial charge in [0, 0.05) is 23.6 Å². The molecule has 198 valence electrons. The molecule has 39 heavy (non-hydrogen) atoms. The molecule has 4 aromatic rings. The first-order valence-electron chi connectivity index (χ1n) is 11.7. The van der Waals surface area contributed by atoms with Crippen LogP contribution < -0.4 is 15.0 Å². The summed E-state index contributed by atoms with van der Waals surface area (Å²) >= 11 is 0. The third-order valence-electron chi connectivity index (χ3n) is 6.07. The monoisotopic (exact) mass is 536 g/mol. The number of hydrogen-bond acceptors (Lipinski definition) is 5. The lowest BCUT2D eigenvalue weighted by Gasteiger charge is -2.39. The second-order valence-corrected chi connectivity index (χ2v) is 9.19. The van der Waals surface area contributed by atoms with Crippen LogP contribution in [0.15, 0.2) is 79.3 Å². The van der Waals surface area contributed by atoms with Crippen molar-refractivity contribution in [3.8, 4) is 16.9 Å². The SMILES string of the molecule is CC1(C)Oc2c(-c3ccc(C(F)(F)F)c(C(=O)Nc4ccc(F)cc4)c3)cccc2N(c2cnccn2)C1=O. The van der Waals surface area contributed by atoms with Crippen molar-refractivity contribution in [1.82, 2.24) is 9.97 Å². The molecule has 7 nitrogen and oxygen atoms in total. The van der Waals surface area contributed by atoms with Gasteiger partial charge in [-0.25, -0.2) is 9.37 Å². The Morgan fingerprint density at radius 3 is 2.44 bits per heavy atom. The minimum atomic E-state index is -4.82. The average Bonchev–Trinajstić information content (AvgIpc) is 2.90. The number of nitrogens with zero attached hydrogens (tertiary/aromatic N) is 3. The van der Waals surface area contributed by atoms with Crippen LogP contribution in [0.4, 0.5) is 34.8 Å². The van der Waals surface area contributed by atoms with Crippen molar-refractivity contribution in [2.75, 3.05) is 10.2 Å². The maximum Gasteiger partial charge on any atom is 0.417 e. The van der Waals surface area contributed by atoms with Crippen molar-refractivity contribution in [3.63, 3.8) is 0 Å². The number of amides is 2. The van der Waals surface area contributed by atoms with E-state index in [0.29, 0.717) is 11.3 Å². The van der Waals surface area contributed by atoms with E-state index in [1.807, 2.05) is 0 Å². The number of nitrogens with one attached hydrogen (secondary N) is 1. The smallest absolute Gasteiger partial charge is 0.417 e. The third-order valence-corrected chi connectivity index (χ3v) is 6.07. The van der Waals surface area contributed by atoms with Crippen molar-refractivity contribution in [1.29, 1.82) is 0 Å². The van der Waals surface area contributed by atoms with Gasteiger partial charge in [-0.2, -0.15) is 13.2 Å². The molecular weight excluding hydrogens is 516 g/mol. The largest absolute Gasteiger partial charge is 0.475 e. The number of carbonyl (C=O) groups is 2. The molecule has 0 fully saturated rings. The number of halogens is 4. The molecule has 0 radical (unpaired) electrons. The molecule has 0 atom stereocenters. The van der Waals surface area contributed by atoms with Crippen LogP contribution >= 0.6 is 0 Å². The van der Waals surface area contributed by atoms with E-state index < -0.39 is 40.5 Å². The van der Waals surface area contributed by atoms with Gasteiger partial charge in [-0.3, -0.25) is 19.5 Å². The summed E-state index contributed by atoms with van der Waals surface area (Å²) in [5.74, 6) is -1.55. The first kappa shape index (κ1) is 25.8. The minimum absolute atomic E-state index is 0.125. The zero-order valence-corrected chi connectivity index (χ0v) is 20.6. The fraction of sp³-hybridized carbons (Fsp3) is 0.143. The maximum absolute atomic E-state index is 13.9. The minimum Gasteiger partial charge on any atom is -0.475 e. The van der Waals surface area contributed by atoms with Gasteiger partial charge in [-0.15, -0.1) is 0 Å². The molecule has 0 spiro atoms. The fourth-order valence-electron chi connectivity index (χ4n) is 4.23. The number of fused-ring (bicyclic) bond motifs is 1. The number of hydrogen-bond donors (Lipinski definition) is 1. The highest BCUT2D eigenvalue weighted by atomic mass is 19.4. The summed E-state index contributed by atoms with van der Waals surface area (Å²) in [6, 6.07) is 12.6. The highest BCUT2D eigenvalue weighted by Crippen LogP contribution is 2.47. The summed E-state index contributed by atoms with van der Waals surface area (Å²) < 4.78 is 61.0. The molecule has 0 aliphatic carbocycles. The van der Waals surface area contributed by atoms with Crippen molar-refractivity contribution in [2.24, 2.45) is 0 Å². The van der Waals surface area contributed by atoms with Crippen LogP contribution in [0.3, 0.4) is 0 Å². The fourth-order valence-corrected chi connectivity index (χ4v) is 4.23. The molecule has 0 saturated carbocycles. The van der Waals surface area contributed by atoms with Crippen LogP contribution in [-0.2, 0) is 11.0 Å². The Bertz CT molecular complexity index is 1570. The van der Waals surface area contributed by atoms with Gasteiger partial charge in [0.1, 0.15) is 5.82 Å². The zero-order valence-electron chi connectivity index (χ0n) is 20.6. The van der Waals surface area contributed by atoms with E-state index in [1.54, 1.807) is 32.0 Å². The van der Waals surface area contributed by atoms with Gasteiger partial charge in [-0.05, 0) is 61.9 Å². The number of rotatable bonds is 4. The summed E-state index contributed by atoms with van der Waals surface area (Å²) in [6.45, 7) is 3.12. The summed E-state index contributed by atoms with van der Waals surface area (Å²) in [7, 11) is 0. The Hall–Kier alpha value is -4.80. The molecular formula is C28H20F4N4O3. The normalized spacial score (nSPS) is 14.4. The number of carbonyl (C=O) groups excluding carboxylic acids is 2. The van der Waals surface area contributed by atoms with Crippen molar-refractivity contribution in [3.05, 3.63) is 96.2 Å². The molecule has 1 aromatic heterocycles. The molecule has 0 saturated heterocycles. The highest BCUT2D eigenvalue weighted by molar-refractivity contribution is 6.09. The second-order valence-electron chi connectivity index (χ2n) is 9.19. The number of ether oxygens (including phenoxy) is 1. The predicted octanol–water partition coefficient (Wildman–Crippen LogP) is 6.39. The van der Waals surface area contributed by atoms with Crippen molar-refractivity contribution >= 4 is 29.0 Å². The van der Waals surface area contributed by atoms with E-state index in [9.17, 15) is 27.2 Å². The van der Waals surface area contributed by atoms with Crippen molar-refractivity contribution in [2.45, 2.75) is 25.6 Å². The van der Waals surface area contributed by atoms with E-state index >= 15 is 0 Å². The molecule has 0 bridgehead atoms. The Labute approximate surface area is 220 Å². The van der Waals surface area contributed by atoms with Crippen molar-refractivity contribution < 1.29 is 31.9 Å². The van der Waals surface area contributed by atoms with E-state index in [2.05, 4.69) is 15.3 Å². The standard InChI is InChI=1S/C28H20F4N4O3/c1-27(2)26(38)36(23-15-33-12-13-34-23)22-5-3-4-19(24(22)39-27)16-6-11-21(28(30,31)32)20(14-16)25(37)35-18-9-7-17(29)8-10-18/h3-15H,1-2H3,(H,35,37). The van der Waals surface area contributed by atoms with E-state index in [1.165, 1.54) is 41.7 Å². The molecule has 11 heteroatoms.